The average molecular weight is 228 g/mol. The molecule has 4 N–H and O–H groups in total. The van der Waals surface area contributed by atoms with Gasteiger partial charge in [0.2, 0.25) is 5.96 Å². The predicted molar refractivity (Wildman–Crippen MR) is 65.9 cm³/mol. The highest BCUT2D eigenvalue weighted by atomic mass is 32.2. The Morgan fingerprint density at radius 3 is 2.67 bits per heavy atom. The van der Waals surface area contributed by atoms with E-state index in [-0.39, 0.29) is 0 Å². The average Bonchev–Trinajstić information content (AvgIpc) is 2.89. The van der Waals surface area contributed by atoms with Crippen LogP contribution in [0.2, 0.25) is 0 Å². The molecule has 1 atom stereocenters. The molecule has 0 amide bonds. The number of aliphatic imine (C=N–C) groups is 1. The molecule has 0 spiro atoms. The van der Waals surface area contributed by atoms with E-state index in [1.54, 1.807) is 0 Å². The molecule has 0 radical (unpaired) electrons. The second-order valence-corrected chi connectivity index (χ2v) is 5.42. The predicted octanol–water partition coefficient (Wildman–Crippen LogP) is 0.843. The number of hydrazine groups is 1. The van der Waals surface area contributed by atoms with E-state index in [2.05, 4.69) is 15.7 Å². The summed E-state index contributed by atoms with van der Waals surface area (Å²) < 4.78 is 0. The molecule has 0 aromatic heterocycles. The highest BCUT2D eigenvalue weighted by Crippen LogP contribution is 2.21. The van der Waals surface area contributed by atoms with E-state index in [1.807, 2.05) is 11.8 Å². The summed E-state index contributed by atoms with van der Waals surface area (Å²) >= 11 is 1.99. The molecule has 0 aromatic carbocycles. The number of nitrogens with one attached hydrogen (secondary N) is 2. The molecule has 1 aliphatic heterocycles. The molecule has 1 heterocycles. The first-order chi connectivity index (χ1) is 7.38. The van der Waals surface area contributed by atoms with Gasteiger partial charge in [-0.25, -0.2) is 10.8 Å². The molecule has 4 nitrogen and oxygen atoms in total. The number of rotatable bonds is 2. The molecule has 2 rings (SSSR count). The van der Waals surface area contributed by atoms with Gasteiger partial charge < -0.3 is 5.32 Å². The molecular weight excluding hydrogens is 208 g/mol. The minimum Gasteiger partial charge on any atom is -0.352 e. The van der Waals surface area contributed by atoms with Crippen molar-refractivity contribution in [3.05, 3.63) is 0 Å². The molecule has 2 aliphatic rings. The Morgan fingerprint density at radius 2 is 2.07 bits per heavy atom. The van der Waals surface area contributed by atoms with Gasteiger partial charge in [0.05, 0.1) is 6.04 Å². The zero-order valence-electron chi connectivity index (χ0n) is 9.04. The molecule has 1 saturated heterocycles. The number of hydrogen-bond donors (Lipinski definition) is 3. The molecular formula is C10H20N4S. The number of nitrogens with zero attached hydrogens (tertiary/aromatic N) is 1. The van der Waals surface area contributed by atoms with Crippen LogP contribution in [-0.4, -0.2) is 29.5 Å². The zero-order chi connectivity index (χ0) is 10.5. The van der Waals surface area contributed by atoms with Crippen LogP contribution in [0.25, 0.3) is 0 Å². The van der Waals surface area contributed by atoms with E-state index in [9.17, 15) is 0 Å². The number of guanidine groups is 1. The van der Waals surface area contributed by atoms with E-state index >= 15 is 0 Å². The van der Waals surface area contributed by atoms with Crippen LogP contribution < -0.4 is 16.6 Å². The lowest BCUT2D eigenvalue weighted by Crippen LogP contribution is -2.47. The number of nitrogens with two attached hydrogens (primary N) is 1. The van der Waals surface area contributed by atoms with Gasteiger partial charge in [0, 0.05) is 11.8 Å². The van der Waals surface area contributed by atoms with Crippen LogP contribution in [0.15, 0.2) is 4.99 Å². The summed E-state index contributed by atoms with van der Waals surface area (Å²) in [5.74, 6) is 8.69. The van der Waals surface area contributed by atoms with Crippen molar-refractivity contribution in [2.75, 3.05) is 11.5 Å². The number of hydrogen-bond acceptors (Lipinski definition) is 3. The van der Waals surface area contributed by atoms with E-state index in [1.165, 1.54) is 43.6 Å². The maximum atomic E-state index is 5.48. The van der Waals surface area contributed by atoms with Gasteiger partial charge in [-0.05, 0) is 25.0 Å². The summed E-state index contributed by atoms with van der Waals surface area (Å²) in [4.78, 5) is 4.62. The topological polar surface area (TPSA) is 62.4 Å². The zero-order valence-corrected chi connectivity index (χ0v) is 9.85. The monoisotopic (exact) mass is 228 g/mol. The van der Waals surface area contributed by atoms with Crippen molar-refractivity contribution in [3.8, 4) is 0 Å². The molecule has 1 saturated carbocycles. The summed E-state index contributed by atoms with van der Waals surface area (Å²) in [5.41, 5.74) is 2.69. The van der Waals surface area contributed by atoms with Gasteiger partial charge in [0.1, 0.15) is 0 Å². The first-order valence-corrected chi connectivity index (χ1v) is 6.92. The SMILES string of the molecule is NNC(=NC1CCCC1)NC1CCSC1. The van der Waals surface area contributed by atoms with E-state index < -0.39 is 0 Å². The van der Waals surface area contributed by atoms with Crippen LogP contribution >= 0.6 is 11.8 Å². The van der Waals surface area contributed by atoms with Crippen LogP contribution in [0.5, 0.6) is 0 Å². The Kier molecular flexibility index (Phi) is 4.14. The van der Waals surface area contributed by atoms with Gasteiger partial charge in [-0.3, -0.25) is 5.43 Å². The molecule has 15 heavy (non-hydrogen) atoms. The molecule has 0 aromatic rings. The van der Waals surface area contributed by atoms with Crippen molar-refractivity contribution in [2.24, 2.45) is 10.8 Å². The lowest BCUT2D eigenvalue weighted by Gasteiger charge is -2.16. The normalized spacial score (nSPS) is 28.3. The van der Waals surface area contributed by atoms with E-state index in [0.717, 1.165) is 5.96 Å². The van der Waals surface area contributed by atoms with Gasteiger partial charge in [0.15, 0.2) is 0 Å². The Balaban J connectivity index is 1.84. The lowest BCUT2D eigenvalue weighted by atomic mass is 10.2. The largest absolute Gasteiger partial charge is 0.352 e. The van der Waals surface area contributed by atoms with Gasteiger partial charge in [0.25, 0.3) is 0 Å². The fourth-order valence-electron chi connectivity index (χ4n) is 2.17. The van der Waals surface area contributed by atoms with Crippen LogP contribution in [0.3, 0.4) is 0 Å². The minimum atomic E-state index is 0.484. The van der Waals surface area contributed by atoms with Crippen LogP contribution in [0.4, 0.5) is 0 Å². The maximum Gasteiger partial charge on any atom is 0.206 e. The van der Waals surface area contributed by atoms with Gasteiger partial charge >= 0.3 is 0 Å². The summed E-state index contributed by atoms with van der Waals surface area (Å²) in [6.45, 7) is 0. The van der Waals surface area contributed by atoms with Crippen LogP contribution in [0.1, 0.15) is 32.1 Å². The van der Waals surface area contributed by atoms with Crippen molar-refractivity contribution in [3.63, 3.8) is 0 Å². The smallest absolute Gasteiger partial charge is 0.206 e. The minimum absolute atomic E-state index is 0.484. The van der Waals surface area contributed by atoms with Crippen molar-refractivity contribution >= 4 is 17.7 Å². The third-order valence-corrected chi connectivity index (χ3v) is 4.21. The standard InChI is InChI=1S/C10H20N4S/c11-14-10(12-8-3-1-2-4-8)13-9-5-6-15-7-9/h8-9H,1-7,11H2,(H2,12,13,14). The van der Waals surface area contributed by atoms with Gasteiger partial charge in [-0.15, -0.1) is 0 Å². The molecule has 5 heteroatoms. The Bertz CT molecular complexity index is 219. The van der Waals surface area contributed by atoms with Crippen molar-refractivity contribution < 1.29 is 0 Å². The Hall–Kier alpha value is -0.420. The van der Waals surface area contributed by atoms with Gasteiger partial charge in [-0.2, -0.15) is 11.8 Å². The van der Waals surface area contributed by atoms with Crippen molar-refractivity contribution in [1.82, 2.24) is 10.7 Å². The first-order valence-electron chi connectivity index (χ1n) is 5.77. The third kappa shape index (κ3) is 3.28. The quantitative estimate of drug-likeness (QED) is 0.284. The Labute approximate surface area is 95.4 Å². The summed E-state index contributed by atoms with van der Waals surface area (Å²) in [7, 11) is 0. The first kappa shape index (κ1) is 11.1. The maximum absolute atomic E-state index is 5.48. The molecule has 1 unspecified atom stereocenters. The molecule has 86 valence electrons. The second kappa shape index (κ2) is 5.61. The van der Waals surface area contributed by atoms with Crippen LogP contribution in [-0.2, 0) is 0 Å². The van der Waals surface area contributed by atoms with Crippen molar-refractivity contribution in [1.29, 1.82) is 0 Å². The van der Waals surface area contributed by atoms with Crippen molar-refractivity contribution in [2.45, 2.75) is 44.2 Å². The molecule has 2 fully saturated rings. The third-order valence-electron chi connectivity index (χ3n) is 3.04. The highest BCUT2D eigenvalue weighted by Gasteiger charge is 2.18. The van der Waals surface area contributed by atoms with Gasteiger partial charge in [-0.1, -0.05) is 12.8 Å². The summed E-state index contributed by atoms with van der Waals surface area (Å²) in [5, 5.41) is 3.39. The summed E-state index contributed by atoms with van der Waals surface area (Å²) in [6.07, 6.45) is 6.27. The Morgan fingerprint density at radius 1 is 1.27 bits per heavy atom. The molecule has 0 bridgehead atoms. The second-order valence-electron chi connectivity index (χ2n) is 4.27. The highest BCUT2D eigenvalue weighted by molar-refractivity contribution is 7.99. The van der Waals surface area contributed by atoms with E-state index in [0.29, 0.717) is 12.1 Å². The van der Waals surface area contributed by atoms with Crippen LogP contribution in [0, 0.1) is 0 Å². The fraction of sp³-hybridized carbons (Fsp3) is 0.900. The lowest BCUT2D eigenvalue weighted by molar-refractivity contribution is 0.636. The molecule has 1 aliphatic carbocycles. The fourth-order valence-corrected chi connectivity index (χ4v) is 3.33. The van der Waals surface area contributed by atoms with E-state index in [4.69, 9.17) is 5.84 Å². The summed E-state index contributed by atoms with van der Waals surface area (Å²) in [6, 6.07) is 1.03. The number of thioether (sulfide) groups is 1.